The lowest BCUT2D eigenvalue weighted by Gasteiger charge is -2.19. The number of aryl methyl sites for hydroxylation is 2. The highest BCUT2D eigenvalue weighted by Gasteiger charge is 2.19. The van der Waals surface area contributed by atoms with Crippen LogP contribution >= 0.6 is 0 Å². The number of nitrogens with zero attached hydrogens (tertiary/aromatic N) is 4. The number of oxime groups is 1. The minimum absolute atomic E-state index is 0.104. The Morgan fingerprint density at radius 3 is 2.78 bits per heavy atom. The Kier molecular flexibility index (Phi) is 4.30. The largest absolute Gasteiger partial charge is 0.409 e. The molecule has 0 bridgehead atoms. The van der Waals surface area contributed by atoms with Crippen molar-refractivity contribution in [3.05, 3.63) is 17.5 Å². The Morgan fingerprint density at radius 2 is 2.33 bits per heavy atom. The van der Waals surface area contributed by atoms with Gasteiger partial charge in [0.25, 0.3) is 5.91 Å². The number of amides is 1. The highest BCUT2D eigenvalue weighted by molar-refractivity contribution is 5.92. The van der Waals surface area contributed by atoms with Crippen LogP contribution in [-0.4, -0.2) is 45.2 Å². The fourth-order valence-electron chi connectivity index (χ4n) is 1.55. The number of hydrogen-bond donors (Lipinski definition) is 2. The maximum atomic E-state index is 12.1. The van der Waals surface area contributed by atoms with Crippen molar-refractivity contribution in [2.45, 2.75) is 13.8 Å². The molecule has 1 amide bonds. The molecule has 0 aliphatic rings. The van der Waals surface area contributed by atoms with E-state index in [1.807, 2.05) is 6.92 Å². The van der Waals surface area contributed by atoms with Gasteiger partial charge in [0.2, 0.25) is 0 Å². The van der Waals surface area contributed by atoms with E-state index in [-0.39, 0.29) is 17.7 Å². The van der Waals surface area contributed by atoms with E-state index in [1.54, 1.807) is 31.8 Å². The van der Waals surface area contributed by atoms with Crippen LogP contribution in [0.4, 0.5) is 0 Å². The molecular weight excluding hydrogens is 234 g/mol. The van der Waals surface area contributed by atoms with Crippen molar-refractivity contribution in [2.75, 3.05) is 13.6 Å². The molecule has 1 unspecified atom stereocenters. The van der Waals surface area contributed by atoms with E-state index >= 15 is 0 Å². The molecule has 0 saturated heterocycles. The van der Waals surface area contributed by atoms with Crippen molar-refractivity contribution >= 4 is 11.7 Å². The lowest BCUT2D eigenvalue weighted by atomic mass is 10.1. The van der Waals surface area contributed by atoms with E-state index < -0.39 is 0 Å². The van der Waals surface area contributed by atoms with Gasteiger partial charge in [-0.3, -0.25) is 9.48 Å². The monoisotopic (exact) mass is 253 g/mol. The molecule has 0 radical (unpaired) electrons. The maximum absolute atomic E-state index is 12.1. The second kappa shape index (κ2) is 5.52. The van der Waals surface area contributed by atoms with Gasteiger partial charge in [-0.05, 0) is 13.0 Å². The number of rotatable bonds is 4. The summed E-state index contributed by atoms with van der Waals surface area (Å²) in [7, 11) is 3.44. The van der Waals surface area contributed by atoms with Crippen molar-refractivity contribution in [3.63, 3.8) is 0 Å². The predicted octanol–water partition coefficient (Wildman–Crippen LogP) is 0.183. The average molecular weight is 253 g/mol. The first-order valence-electron chi connectivity index (χ1n) is 5.60. The molecule has 100 valence electrons. The van der Waals surface area contributed by atoms with Gasteiger partial charge in [-0.25, -0.2) is 0 Å². The van der Waals surface area contributed by atoms with Crippen molar-refractivity contribution in [1.29, 1.82) is 0 Å². The maximum Gasteiger partial charge on any atom is 0.274 e. The summed E-state index contributed by atoms with van der Waals surface area (Å²) in [5.41, 5.74) is 6.78. The number of carbonyl (C=O) groups excluding carboxylic acids is 1. The molecule has 7 nitrogen and oxygen atoms in total. The summed E-state index contributed by atoms with van der Waals surface area (Å²) in [6.07, 6.45) is 0. The van der Waals surface area contributed by atoms with Crippen molar-refractivity contribution < 1.29 is 10.0 Å². The molecule has 1 heterocycles. The van der Waals surface area contributed by atoms with E-state index in [1.165, 1.54) is 4.90 Å². The van der Waals surface area contributed by atoms with Gasteiger partial charge in [0.15, 0.2) is 5.69 Å². The van der Waals surface area contributed by atoms with E-state index in [0.29, 0.717) is 12.2 Å². The molecule has 0 fully saturated rings. The number of aromatic nitrogens is 2. The molecule has 1 aromatic rings. The molecule has 3 N–H and O–H groups in total. The zero-order chi connectivity index (χ0) is 13.9. The summed E-state index contributed by atoms with van der Waals surface area (Å²) >= 11 is 0. The smallest absolute Gasteiger partial charge is 0.274 e. The van der Waals surface area contributed by atoms with Crippen LogP contribution in [0.25, 0.3) is 0 Å². The Balaban J connectivity index is 2.73. The molecule has 0 aliphatic heterocycles. The SMILES string of the molecule is Cc1cc(C(=O)N(C)CC(C)/C(N)=N/O)nn1C. The highest BCUT2D eigenvalue weighted by atomic mass is 16.4. The standard InChI is InChI=1S/C11H19N5O2/c1-7(10(12)14-18)6-15(3)11(17)9-5-8(2)16(4)13-9/h5,7,18H,6H2,1-4H3,(H2,12,14). The van der Waals surface area contributed by atoms with Crippen LogP contribution in [0.2, 0.25) is 0 Å². The second-order valence-corrected chi connectivity index (χ2v) is 4.41. The van der Waals surface area contributed by atoms with Crippen LogP contribution in [-0.2, 0) is 7.05 Å². The van der Waals surface area contributed by atoms with E-state index in [9.17, 15) is 4.79 Å². The fourth-order valence-corrected chi connectivity index (χ4v) is 1.55. The number of carbonyl (C=O) groups is 1. The molecule has 18 heavy (non-hydrogen) atoms. The Bertz CT molecular complexity index is 446. The third-order valence-electron chi connectivity index (χ3n) is 2.85. The molecule has 7 heteroatoms. The molecule has 1 atom stereocenters. The Morgan fingerprint density at radius 1 is 1.72 bits per heavy atom. The summed E-state index contributed by atoms with van der Waals surface area (Å²) in [6.45, 7) is 4.02. The van der Waals surface area contributed by atoms with Crippen molar-refractivity contribution in [1.82, 2.24) is 14.7 Å². The Labute approximate surface area is 106 Å². The lowest BCUT2D eigenvalue weighted by molar-refractivity contribution is 0.0779. The summed E-state index contributed by atoms with van der Waals surface area (Å²) < 4.78 is 1.65. The second-order valence-electron chi connectivity index (χ2n) is 4.41. The van der Waals surface area contributed by atoms with Gasteiger partial charge in [0.1, 0.15) is 5.84 Å². The van der Waals surface area contributed by atoms with E-state index in [2.05, 4.69) is 10.3 Å². The third-order valence-corrected chi connectivity index (χ3v) is 2.85. The van der Waals surface area contributed by atoms with Crippen LogP contribution in [0.5, 0.6) is 0 Å². The van der Waals surface area contributed by atoms with Crippen LogP contribution in [0.1, 0.15) is 23.1 Å². The van der Waals surface area contributed by atoms with Crippen LogP contribution in [0.3, 0.4) is 0 Å². The fraction of sp³-hybridized carbons (Fsp3) is 0.545. The zero-order valence-electron chi connectivity index (χ0n) is 11.1. The number of nitrogens with two attached hydrogens (primary N) is 1. The summed E-state index contributed by atoms with van der Waals surface area (Å²) in [5, 5.41) is 15.6. The first-order chi connectivity index (χ1) is 8.36. The molecule has 0 spiro atoms. The van der Waals surface area contributed by atoms with E-state index in [4.69, 9.17) is 10.9 Å². The average Bonchev–Trinajstić information content (AvgIpc) is 2.67. The topological polar surface area (TPSA) is 96.7 Å². The quantitative estimate of drug-likeness (QED) is 0.346. The summed E-state index contributed by atoms with van der Waals surface area (Å²) in [5.74, 6) is -0.295. The first kappa shape index (κ1) is 14.0. The summed E-state index contributed by atoms with van der Waals surface area (Å²) in [4.78, 5) is 13.6. The molecule has 0 saturated carbocycles. The summed E-state index contributed by atoms with van der Waals surface area (Å²) in [6, 6.07) is 1.73. The molecule has 1 rings (SSSR count). The predicted molar refractivity (Wildman–Crippen MR) is 67.5 cm³/mol. The molecule has 1 aromatic heterocycles. The normalized spacial score (nSPS) is 13.4. The Hall–Kier alpha value is -2.05. The van der Waals surface area contributed by atoms with Gasteiger partial charge in [-0.2, -0.15) is 5.10 Å². The van der Waals surface area contributed by atoms with Crippen LogP contribution in [0.15, 0.2) is 11.2 Å². The van der Waals surface area contributed by atoms with Crippen molar-refractivity contribution in [2.24, 2.45) is 23.9 Å². The van der Waals surface area contributed by atoms with Crippen LogP contribution in [0, 0.1) is 12.8 Å². The van der Waals surface area contributed by atoms with E-state index in [0.717, 1.165) is 5.69 Å². The minimum Gasteiger partial charge on any atom is -0.409 e. The van der Waals surface area contributed by atoms with Gasteiger partial charge in [0.05, 0.1) is 0 Å². The van der Waals surface area contributed by atoms with Gasteiger partial charge >= 0.3 is 0 Å². The molecule has 0 aromatic carbocycles. The lowest BCUT2D eigenvalue weighted by Crippen LogP contribution is -2.36. The number of hydrogen-bond acceptors (Lipinski definition) is 4. The highest BCUT2D eigenvalue weighted by Crippen LogP contribution is 2.07. The van der Waals surface area contributed by atoms with Crippen LogP contribution < -0.4 is 5.73 Å². The van der Waals surface area contributed by atoms with Gasteiger partial charge < -0.3 is 15.8 Å². The van der Waals surface area contributed by atoms with Crippen molar-refractivity contribution in [3.8, 4) is 0 Å². The number of amidine groups is 1. The third kappa shape index (κ3) is 2.99. The van der Waals surface area contributed by atoms with Gasteiger partial charge in [-0.1, -0.05) is 12.1 Å². The minimum atomic E-state index is -0.214. The molecular formula is C11H19N5O2. The zero-order valence-corrected chi connectivity index (χ0v) is 11.1. The molecule has 0 aliphatic carbocycles. The first-order valence-corrected chi connectivity index (χ1v) is 5.60. The van der Waals surface area contributed by atoms with Gasteiger partial charge in [0, 0.05) is 32.3 Å². The van der Waals surface area contributed by atoms with Gasteiger partial charge in [-0.15, -0.1) is 0 Å².